The SMILES string of the molecule is O=C([O-])C(F)(F)F.[2H]c1nc(C(=O)Cc2cc(C3(CF)COCC(N)=N3)ccn2)c(C([2H])([2H])[2H])c([2H])c1Cl. The van der Waals surface area contributed by atoms with Crippen LogP contribution in [0.2, 0.25) is 5.02 Å². The fourth-order valence-corrected chi connectivity index (χ4v) is 2.77. The standard InChI is InChI=1S/C18H18ClFN4O2.C2HF3O2/c1-11-4-13(19)7-23-17(11)15(25)6-14-5-12(2-3-22-14)18(9-20)10-26-8-16(21)24-18;3-2(4,5)1(6)7/h2-5,7H,6,8-10H2,1H3,(H2,21,24);(H,6,7)/p-1/i1D3,4D,7D;. The molecule has 0 fully saturated rings. The van der Waals surface area contributed by atoms with E-state index in [-0.39, 0.29) is 24.7 Å². The number of halogens is 5. The lowest BCUT2D eigenvalue weighted by molar-refractivity contribution is -0.344. The number of Topliss-reactive ketones (excluding diaryl/α,β-unsaturated/α-hetero) is 1. The monoisotopic (exact) mass is 494 g/mol. The van der Waals surface area contributed by atoms with E-state index in [1.54, 1.807) is 0 Å². The first-order chi connectivity index (χ1) is 17.4. The van der Waals surface area contributed by atoms with Gasteiger partial charge in [-0.3, -0.25) is 19.8 Å². The summed E-state index contributed by atoms with van der Waals surface area (Å²) >= 11 is 5.79. The molecule has 1 aliphatic rings. The smallest absolute Gasteiger partial charge is 0.430 e. The number of amidine groups is 1. The summed E-state index contributed by atoms with van der Waals surface area (Å²) in [6, 6.07) is 2.33. The Labute approximate surface area is 197 Å². The number of nitrogens with zero attached hydrogens (tertiary/aromatic N) is 3. The molecular weight excluding hydrogens is 472 g/mol. The molecule has 2 aromatic heterocycles. The van der Waals surface area contributed by atoms with Crippen molar-refractivity contribution in [2.75, 3.05) is 19.9 Å². The second-order valence-corrected chi connectivity index (χ2v) is 6.95. The molecule has 1 atom stereocenters. The fourth-order valence-electron chi connectivity index (χ4n) is 2.63. The first kappa shape index (κ1) is 19.4. The normalized spacial score (nSPS) is 20.6. The quantitative estimate of drug-likeness (QED) is 0.494. The van der Waals surface area contributed by atoms with Crippen LogP contribution >= 0.6 is 11.6 Å². The summed E-state index contributed by atoms with van der Waals surface area (Å²) < 4.78 is 89.3. The highest BCUT2D eigenvalue weighted by Crippen LogP contribution is 2.30. The Morgan fingerprint density at radius 2 is 2.12 bits per heavy atom. The van der Waals surface area contributed by atoms with E-state index >= 15 is 0 Å². The Bertz CT molecular complexity index is 1260. The number of aliphatic carboxylic acids is 1. The molecule has 0 saturated heterocycles. The van der Waals surface area contributed by atoms with Crippen LogP contribution in [0.15, 0.2) is 35.5 Å². The van der Waals surface area contributed by atoms with Crippen LogP contribution < -0.4 is 10.8 Å². The third-order valence-electron chi connectivity index (χ3n) is 4.10. The highest BCUT2D eigenvalue weighted by Gasteiger charge is 2.36. The predicted molar refractivity (Wildman–Crippen MR) is 107 cm³/mol. The van der Waals surface area contributed by atoms with Crippen molar-refractivity contribution in [3.63, 3.8) is 0 Å². The molecule has 1 unspecified atom stereocenters. The number of aromatic nitrogens is 2. The molecule has 178 valence electrons. The predicted octanol–water partition coefficient (Wildman–Crippen LogP) is 1.71. The zero-order chi connectivity index (χ0) is 29.1. The number of carboxylic acids is 1. The van der Waals surface area contributed by atoms with Crippen LogP contribution in [0.3, 0.4) is 0 Å². The average Bonchev–Trinajstić information content (AvgIpc) is 2.81. The van der Waals surface area contributed by atoms with Crippen molar-refractivity contribution in [2.24, 2.45) is 10.7 Å². The maximum absolute atomic E-state index is 13.9. The molecule has 0 bridgehead atoms. The lowest BCUT2D eigenvalue weighted by Crippen LogP contribution is -2.41. The summed E-state index contributed by atoms with van der Waals surface area (Å²) in [5, 5.41) is 8.33. The second kappa shape index (κ2) is 10.7. The Balaban J connectivity index is 0.000000638. The number of ketones is 1. The molecular formula is C20H18ClF4N4O4-. The Morgan fingerprint density at radius 3 is 2.70 bits per heavy atom. The van der Waals surface area contributed by atoms with Gasteiger partial charge in [-0.2, -0.15) is 13.2 Å². The van der Waals surface area contributed by atoms with E-state index in [0.29, 0.717) is 5.56 Å². The van der Waals surface area contributed by atoms with Gasteiger partial charge in [0, 0.05) is 22.2 Å². The number of hydrogen-bond acceptors (Lipinski definition) is 8. The van der Waals surface area contributed by atoms with Crippen LogP contribution in [0.4, 0.5) is 17.6 Å². The first-order valence-corrected chi connectivity index (χ1v) is 9.22. The minimum absolute atomic E-state index is 0.0477. The minimum Gasteiger partial charge on any atom is -0.542 e. The number of carbonyl (C=O) groups excluding carboxylic acids is 2. The van der Waals surface area contributed by atoms with Crippen LogP contribution in [-0.4, -0.2) is 53.6 Å². The third kappa shape index (κ3) is 6.93. The third-order valence-corrected chi connectivity index (χ3v) is 4.28. The highest BCUT2D eigenvalue weighted by molar-refractivity contribution is 6.30. The Kier molecular flexibility index (Phi) is 6.26. The number of hydrogen-bond donors (Lipinski definition) is 1. The van der Waals surface area contributed by atoms with Crippen molar-refractivity contribution in [3.8, 4) is 0 Å². The number of carbonyl (C=O) groups is 2. The molecule has 0 aromatic carbocycles. The summed E-state index contributed by atoms with van der Waals surface area (Å²) in [5.74, 6) is -3.64. The van der Waals surface area contributed by atoms with Crippen molar-refractivity contribution >= 4 is 29.2 Å². The van der Waals surface area contributed by atoms with E-state index in [0.717, 1.165) is 0 Å². The lowest BCUT2D eigenvalue weighted by atomic mass is 9.91. The lowest BCUT2D eigenvalue weighted by Gasteiger charge is -2.31. The van der Waals surface area contributed by atoms with Crippen molar-refractivity contribution < 1.29 is 43.8 Å². The number of ether oxygens (including phenoxy) is 1. The van der Waals surface area contributed by atoms with Crippen molar-refractivity contribution in [2.45, 2.75) is 25.0 Å². The van der Waals surface area contributed by atoms with E-state index < -0.39 is 71.9 Å². The van der Waals surface area contributed by atoms with Gasteiger partial charge in [0.25, 0.3) is 0 Å². The molecule has 0 saturated carbocycles. The van der Waals surface area contributed by atoms with Gasteiger partial charge in [0.05, 0.1) is 20.8 Å². The summed E-state index contributed by atoms with van der Waals surface area (Å²) in [6.45, 7) is -3.69. The van der Waals surface area contributed by atoms with Gasteiger partial charge < -0.3 is 20.4 Å². The minimum atomic E-state index is -5.19. The van der Waals surface area contributed by atoms with Crippen molar-refractivity contribution in [1.82, 2.24) is 9.97 Å². The molecule has 2 aromatic rings. The van der Waals surface area contributed by atoms with E-state index in [2.05, 4.69) is 15.0 Å². The van der Waals surface area contributed by atoms with Crippen molar-refractivity contribution in [3.05, 3.63) is 58.1 Å². The van der Waals surface area contributed by atoms with Gasteiger partial charge in [-0.05, 0) is 36.2 Å². The molecule has 0 aliphatic carbocycles. The largest absolute Gasteiger partial charge is 0.542 e. The molecule has 0 amide bonds. The van der Waals surface area contributed by atoms with Gasteiger partial charge in [0.2, 0.25) is 0 Å². The first-order valence-electron chi connectivity index (χ1n) is 11.3. The summed E-state index contributed by atoms with van der Waals surface area (Å²) in [7, 11) is 0. The summed E-state index contributed by atoms with van der Waals surface area (Å²) in [6.07, 6.45) is -4.81. The summed E-state index contributed by atoms with van der Waals surface area (Å²) in [4.78, 5) is 33.6. The molecule has 0 spiro atoms. The van der Waals surface area contributed by atoms with E-state index in [1.807, 2.05) is 0 Å². The second-order valence-electron chi connectivity index (χ2n) is 6.57. The zero-order valence-corrected chi connectivity index (χ0v) is 17.3. The number of rotatable bonds is 5. The van der Waals surface area contributed by atoms with Gasteiger partial charge >= 0.3 is 6.18 Å². The molecule has 1 aliphatic heterocycles. The number of aliphatic imine (C=N–C) groups is 1. The van der Waals surface area contributed by atoms with Crippen molar-refractivity contribution in [1.29, 1.82) is 0 Å². The number of alkyl halides is 4. The summed E-state index contributed by atoms with van der Waals surface area (Å²) in [5.41, 5.74) is 3.73. The fraction of sp³-hybridized carbons (Fsp3) is 0.350. The van der Waals surface area contributed by atoms with Gasteiger partial charge in [0.1, 0.15) is 36.3 Å². The van der Waals surface area contributed by atoms with Gasteiger partial charge in [-0.25, -0.2) is 4.39 Å². The number of nitrogens with two attached hydrogens (primary N) is 1. The average molecular weight is 495 g/mol. The maximum Gasteiger partial charge on any atom is 0.430 e. The van der Waals surface area contributed by atoms with Gasteiger partial charge in [-0.1, -0.05) is 11.6 Å². The topological polar surface area (TPSA) is 131 Å². The van der Waals surface area contributed by atoms with E-state index in [1.165, 1.54) is 18.3 Å². The van der Waals surface area contributed by atoms with Crippen LogP contribution in [0.5, 0.6) is 0 Å². The van der Waals surface area contributed by atoms with Crippen LogP contribution in [0.25, 0.3) is 0 Å². The molecule has 3 rings (SSSR count). The highest BCUT2D eigenvalue weighted by atomic mass is 35.5. The zero-order valence-electron chi connectivity index (χ0n) is 21.5. The van der Waals surface area contributed by atoms with Gasteiger partial charge in [-0.15, -0.1) is 0 Å². The molecule has 33 heavy (non-hydrogen) atoms. The Morgan fingerprint density at radius 1 is 1.42 bits per heavy atom. The number of pyridine rings is 2. The van der Waals surface area contributed by atoms with Gasteiger partial charge in [0.15, 0.2) is 5.78 Å². The van der Waals surface area contributed by atoms with Crippen LogP contribution in [0.1, 0.15) is 34.2 Å². The molecule has 8 nitrogen and oxygen atoms in total. The maximum atomic E-state index is 13.9. The Hall–Kier alpha value is -3.12. The van der Waals surface area contributed by atoms with E-state index in [9.17, 15) is 22.4 Å². The molecule has 13 heteroatoms. The molecule has 3 heterocycles. The molecule has 0 radical (unpaired) electrons. The molecule has 2 N–H and O–H groups in total. The van der Waals surface area contributed by atoms with Crippen LogP contribution in [0, 0.1) is 6.85 Å². The number of carboxylic acid groups (broad SMARTS) is 1. The van der Waals surface area contributed by atoms with Crippen LogP contribution in [-0.2, 0) is 21.5 Å². The van der Waals surface area contributed by atoms with E-state index in [4.69, 9.17) is 38.8 Å².